The molecule has 18 heavy (non-hydrogen) atoms. The summed E-state index contributed by atoms with van der Waals surface area (Å²) in [5.74, 6) is 0.120. The van der Waals surface area contributed by atoms with Gasteiger partial charge in [0.15, 0.2) is 0 Å². The third-order valence-corrected chi connectivity index (χ3v) is 2.55. The van der Waals surface area contributed by atoms with Crippen molar-refractivity contribution in [1.29, 1.82) is 0 Å². The minimum absolute atomic E-state index is 0.231. The first-order valence-corrected chi connectivity index (χ1v) is 5.29. The van der Waals surface area contributed by atoms with Gasteiger partial charge in [-0.1, -0.05) is 0 Å². The van der Waals surface area contributed by atoms with E-state index >= 15 is 0 Å². The van der Waals surface area contributed by atoms with Gasteiger partial charge in [-0.3, -0.25) is 14.2 Å². The highest BCUT2D eigenvalue weighted by Gasteiger charge is 2.05. The fourth-order valence-corrected chi connectivity index (χ4v) is 1.58. The van der Waals surface area contributed by atoms with Crippen LogP contribution >= 0.6 is 0 Å². The highest BCUT2D eigenvalue weighted by Crippen LogP contribution is 2.13. The zero-order chi connectivity index (χ0) is 13.1. The van der Waals surface area contributed by atoms with Crippen molar-refractivity contribution < 1.29 is 9.53 Å². The number of rotatable bonds is 3. The van der Waals surface area contributed by atoms with Gasteiger partial charge in [0.1, 0.15) is 5.75 Å². The third kappa shape index (κ3) is 2.24. The van der Waals surface area contributed by atoms with Crippen molar-refractivity contribution in [3.05, 3.63) is 58.5 Å². The number of primary amides is 1. The predicted molar refractivity (Wildman–Crippen MR) is 67.1 cm³/mol. The summed E-state index contributed by atoms with van der Waals surface area (Å²) in [6.45, 7) is 0. The summed E-state index contributed by atoms with van der Waals surface area (Å²) in [6, 6.07) is 9.64. The molecule has 0 atom stereocenters. The molecule has 0 unspecified atom stereocenters. The normalized spacial score (nSPS) is 10.1. The van der Waals surface area contributed by atoms with Gasteiger partial charge in [0.2, 0.25) is 5.91 Å². The van der Waals surface area contributed by atoms with E-state index in [1.54, 1.807) is 31.4 Å². The van der Waals surface area contributed by atoms with Crippen LogP contribution < -0.4 is 16.0 Å². The van der Waals surface area contributed by atoms with Gasteiger partial charge in [-0.2, -0.15) is 0 Å². The molecule has 1 aromatic heterocycles. The molecule has 0 radical (unpaired) electrons. The van der Waals surface area contributed by atoms with E-state index in [0.717, 1.165) is 0 Å². The lowest BCUT2D eigenvalue weighted by Gasteiger charge is -2.07. The molecular formula is C13H12N2O3. The minimum Gasteiger partial charge on any atom is -0.497 e. The number of aromatic nitrogens is 1. The van der Waals surface area contributed by atoms with E-state index in [9.17, 15) is 9.59 Å². The van der Waals surface area contributed by atoms with Crippen LogP contribution in [0.4, 0.5) is 0 Å². The average Bonchev–Trinajstić information content (AvgIpc) is 2.39. The second kappa shape index (κ2) is 4.75. The van der Waals surface area contributed by atoms with Crippen molar-refractivity contribution in [2.75, 3.05) is 7.11 Å². The van der Waals surface area contributed by atoms with Gasteiger partial charge in [0, 0.05) is 18.0 Å². The van der Waals surface area contributed by atoms with Gasteiger partial charge in [-0.25, -0.2) is 0 Å². The molecule has 1 aromatic carbocycles. The second-order valence-corrected chi connectivity index (χ2v) is 3.69. The van der Waals surface area contributed by atoms with E-state index in [2.05, 4.69) is 0 Å². The van der Waals surface area contributed by atoms with E-state index in [4.69, 9.17) is 10.5 Å². The Hall–Kier alpha value is -2.56. The number of ether oxygens (including phenoxy) is 1. The number of hydrogen-bond acceptors (Lipinski definition) is 3. The molecule has 0 fully saturated rings. The summed E-state index contributed by atoms with van der Waals surface area (Å²) < 4.78 is 6.40. The molecule has 0 aliphatic heterocycles. The summed E-state index contributed by atoms with van der Waals surface area (Å²) in [7, 11) is 1.56. The number of benzene rings is 1. The van der Waals surface area contributed by atoms with E-state index in [1.165, 1.54) is 22.9 Å². The Kier molecular flexibility index (Phi) is 3.14. The summed E-state index contributed by atoms with van der Waals surface area (Å²) in [5.41, 5.74) is 5.88. The van der Waals surface area contributed by atoms with Crippen LogP contribution in [-0.4, -0.2) is 17.6 Å². The zero-order valence-corrected chi connectivity index (χ0v) is 9.79. The van der Waals surface area contributed by atoms with Crippen molar-refractivity contribution in [3.63, 3.8) is 0 Å². The highest BCUT2D eigenvalue weighted by molar-refractivity contribution is 5.92. The Morgan fingerprint density at radius 2 is 1.83 bits per heavy atom. The van der Waals surface area contributed by atoms with Crippen molar-refractivity contribution in [1.82, 2.24) is 4.57 Å². The standard InChI is InChI=1S/C13H12N2O3/c1-18-11-5-3-10(4-6-11)15-8-9(13(14)17)2-7-12(15)16/h2-8H,1H3,(H2,14,17). The van der Waals surface area contributed by atoms with Gasteiger partial charge in [-0.15, -0.1) is 0 Å². The first kappa shape index (κ1) is 11.9. The van der Waals surface area contributed by atoms with Crippen LogP contribution in [0.15, 0.2) is 47.4 Å². The Morgan fingerprint density at radius 3 is 2.39 bits per heavy atom. The van der Waals surface area contributed by atoms with Crippen LogP contribution in [0, 0.1) is 0 Å². The number of carbonyl (C=O) groups is 1. The predicted octanol–water partition coefficient (Wildman–Crippen LogP) is 0.945. The Balaban J connectivity index is 2.51. The van der Waals surface area contributed by atoms with Gasteiger partial charge < -0.3 is 10.5 Å². The molecule has 2 aromatic rings. The first-order chi connectivity index (χ1) is 8.61. The van der Waals surface area contributed by atoms with Gasteiger partial charge in [-0.05, 0) is 30.3 Å². The van der Waals surface area contributed by atoms with Crippen molar-refractivity contribution >= 4 is 5.91 Å². The number of hydrogen-bond donors (Lipinski definition) is 1. The smallest absolute Gasteiger partial charge is 0.255 e. The van der Waals surface area contributed by atoms with Gasteiger partial charge in [0.05, 0.1) is 12.7 Å². The molecule has 5 nitrogen and oxygen atoms in total. The van der Waals surface area contributed by atoms with Crippen LogP contribution in [0.5, 0.6) is 5.75 Å². The monoisotopic (exact) mass is 244 g/mol. The van der Waals surface area contributed by atoms with Crippen LogP contribution in [0.2, 0.25) is 0 Å². The topological polar surface area (TPSA) is 74.3 Å². The second-order valence-electron chi connectivity index (χ2n) is 3.69. The summed E-state index contributed by atoms with van der Waals surface area (Å²) >= 11 is 0. The molecular weight excluding hydrogens is 232 g/mol. The molecule has 0 aliphatic carbocycles. The molecule has 1 heterocycles. The van der Waals surface area contributed by atoms with E-state index in [1.807, 2.05) is 0 Å². The largest absolute Gasteiger partial charge is 0.497 e. The maximum Gasteiger partial charge on any atom is 0.255 e. The number of pyridine rings is 1. The number of carbonyl (C=O) groups excluding carboxylic acids is 1. The van der Waals surface area contributed by atoms with E-state index in [-0.39, 0.29) is 11.1 Å². The number of amides is 1. The summed E-state index contributed by atoms with van der Waals surface area (Å²) in [6.07, 6.45) is 1.42. The lowest BCUT2D eigenvalue weighted by molar-refractivity contribution is 0.0999. The maximum absolute atomic E-state index is 11.7. The molecule has 0 saturated heterocycles. The van der Waals surface area contributed by atoms with Crippen LogP contribution in [0.1, 0.15) is 10.4 Å². The lowest BCUT2D eigenvalue weighted by atomic mass is 10.2. The lowest BCUT2D eigenvalue weighted by Crippen LogP contribution is -2.20. The van der Waals surface area contributed by atoms with Crippen molar-refractivity contribution in [2.45, 2.75) is 0 Å². The molecule has 0 bridgehead atoms. The average molecular weight is 244 g/mol. The number of nitrogens with zero attached hydrogens (tertiary/aromatic N) is 1. The Labute approximate surface area is 103 Å². The van der Waals surface area contributed by atoms with Gasteiger partial charge >= 0.3 is 0 Å². The Morgan fingerprint density at radius 1 is 1.17 bits per heavy atom. The minimum atomic E-state index is -0.572. The van der Waals surface area contributed by atoms with E-state index < -0.39 is 5.91 Å². The van der Waals surface area contributed by atoms with E-state index in [0.29, 0.717) is 11.4 Å². The highest BCUT2D eigenvalue weighted by atomic mass is 16.5. The molecule has 0 spiro atoms. The van der Waals surface area contributed by atoms with Crippen molar-refractivity contribution in [3.8, 4) is 11.4 Å². The van der Waals surface area contributed by atoms with Crippen LogP contribution in [0.25, 0.3) is 5.69 Å². The summed E-state index contributed by atoms with van der Waals surface area (Å²) in [4.78, 5) is 22.8. The maximum atomic E-state index is 11.7. The molecule has 0 saturated carbocycles. The molecule has 1 amide bonds. The zero-order valence-electron chi connectivity index (χ0n) is 9.79. The van der Waals surface area contributed by atoms with Crippen LogP contribution in [0.3, 0.4) is 0 Å². The van der Waals surface area contributed by atoms with Gasteiger partial charge in [0.25, 0.3) is 5.56 Å². The Bertz CT molecular complexity index is 629. The van der Waals surface area contributed by atoms with Crippen molar-refractivity contribution in [2.24, 2.45) is 5.73 Å². The molecule has 2 N–H and O–H groups in total. The van der Waals surface area contributed by atoms with Crippen LogP contribution in [-0.2, 0) is 0 Å². The molecule has 5 heteroatoms. The third-order valence-electron chi connectivity index (χ3n) is 2.55. The first-order valence-electron chi connectivity index (χ1n) is 5.29. The number of nitrogens with two attached hydrogens (primary N) is 1. The number of methoxy groups -OCH3 is 1. The quantitative estimate of drug-likeness (QED) is 0.873. The fraction of sp³-hybridized carbons (Fsp3) is 0.0769. The SMILES string of the molecule is COc1ccc(-n2cc(C(N)=O)ccc2=O)cc1. The molecule has 92 valence electrons. The summed E-state index contributed by atoms with van der Waals surface area (Å²) in [5, 5.41) is 0. The fourth-order valence-electron chi connectivity index (χ4n) is 1.58. The molecule has 2 rings (SSSR count). The molecule has 0 aliphatic rings.